The van der Waals surface area contributed by atoms with Crippen LogP contribution in [0, 0.1) is 5.92 Å². The van der Waals surface area contributed by atoms with Crippen LogP contribution in [0.25, 0.3) is 0 Å². The molecule has 0 aliphatic rings. The third-order valence-electron chi connectivity index (χ3n) is 1.82. The summed E-state index contributed by atoms with van der Waals surface area (Å²) in [5.41, 5.74) is 5.48. The van der Waals surface area contributed by atoms with Gasteiger partial charge in [-0.3, -0.25) is 4.79 Å². The maximum atomic E-state index is 11.2. The van der Waals surface area contributed by atoms with Gasteiger partial charge >= 0.3 is 5.97 Å². The van der Waals surface area contributed by atoms with Gasteiger partial charge in [-0.15, -0.1) is 0 Å². The lowest BCUT2D eigenvalue weighted by atomic mass is 10.0. The Hall–Kier alpha value is -1.14. The fourth-order valence-electron chi connectivity index (χ4n) is 0.756. The zero-order valence-corrected chi connectivity index (χ0v) is 8.23. The Morgan fingerprint density at radius 1 is 1.43 bits per heavy atom. The number of nitrogens with two attached hydrogens (primary N) is 1. The Morgan fingerprint density at radius 3 is 2.21 bits per heavy atom. The molecule has 0 rings (SSSR count). The van der Waals surface area contributed by atoms with E-state index in [9.17, 15) is 9.59 Å². The third kappa shape index (κ3) is 3.71. The number of rotatable bonds is 5. The first kappa shape index (κ1) is 12.9. The van der Waals surface area contributed by atoms with Crippen molar-refractivity contribution in [1.82, 2.24) is 5.32 Å². The molecule has 6 nitrogen and oxygen atoms in total. The quantitative estimate of drug-likeness (QED) is 0.437. The topological polar surface area (TPSA) is 113 Å². The summed E-state index contributed by atoms with van der Waals surface area (Å²) in [7, 11) is 0. The summed E-state index contributed by atoms with van der Waals surface area (Å²) in [6, 6.07) is -2.05. The van der Waals surface area contributed by atoms with Gasteiger partial charge in [-0.05, 0) is 5.92 Å². The van der Waals surface area contributed by atoms with E-state index in [2.05, 4.69) is 5.32 Å². The molecule has 5 N–H and O–H groups in total. The van der Waals surface area contributed by atoms with Crippen LogP contribution in [0.1, 0.15) is 13.8 Å². The van der Waals surface area contributed by atoms with Crippen LogP contribution in [0.3, 0.4) is 0 Å². The second-order valence-electron chi connectivity index (χ2n) is 3.35. The van der Waals surface area contributed by atoms with Crippen molar-refractivity contribution in [2.75, 3.05) is 6.61 Å². The first-order valence-corrected chi connectivity index (χ1v) is 4.29. The molecule has 1 amide bonds. The van der Waals surface area contributed by atoms with Gasteiger partial charge in [0.15, 0.2) is 0 Å². The van der Waals surface area contributed by atoms with Gasteiger partial charge < -0.3 is 21.3 Å². The molecule has 82 valence electrons. The molecule has 0 heterocycles. The second kappa shape index (κ2) is 5.56. The normalized spacial score (nSPS) is 14.9. The van der Waals surface area contributed by atoms with E-state index >= 15 is 0 Å². The second-order valence-corrected chi connectivity index (χ2v) is 3.35. The average Bonchev–Trinajstić information content (AvgIpc) is 2.11. The molecule has 0 saturated carbocycles. The number of amides is 1. The fourth-order valence-corrected chi connectivity index (χ4v) is 0.756. The molecule has 0 saturated heterocycles. The number of hydrogen-bond acceptors (Lipinski definition) is 4. The van der Waals surface area contributed by atoms with Gasteiger partial charge in [0, 0.05) is 0 Å². The molecule has 14 heavy (non-hydrogen) atoms. The molecule has 0 bridgehead atoms. The van der Waals surface area contributed by atoms with Crippen LogP contribution in [0.4, 0.5) is 0 Å². The summed E-state index contributed by atoms with van der Waals surface area (Å²) in [6.07, 6.45) is 0. The monoisotopic (exact) mass is 204 g/mol. The van der Waals surface area contributed by atoms with Gasteiger partial charge in [-0.25, -0.2) is 4.79 Å². The van der Waals surface area contributed by atoms with Gasteiger partial charge in [0.2, 0.25) is 5.91 Å². The van der Waals surface area contributed by atoms with E-state index < -0.39 is 30.6 Å². The lowest BCUT2D eigenvalue weighted by Gasteiger charge is -2.18. The fraction of sp³-hybridized carbons (Fsp3) is 0.750. The number of nitrogens with one attached hydrogen (secondary N) is 1. The van der Waals surface area contributed by atoms with E-state index in [4.69, 9.17) is 15.9 Å². The molecule has 0 spiro atoms. The van der Waals surface area contributed by atoms with Gasteiger partial charge in [0.05, 0.1) is 12.6 Å². The number of carboxylic acids is 1. The molecule has 0 fully saturated rings. The van der Waals surface area contributed by atoms with Crippen LogP contribution in [0.5, 0.6) is 0 Å². The summed E-state index contributed by atoms with van der Waals surface area (Å²) in [6.45, 7) is 2.85. The van der Waals surface area contributed by atoms with E-state index in [0.29, 0.717) is 0 Å². The van der Waals surface area contributed by atoms with Crippen LogP contribution in [-0.4, -0.2) is 40.8 Å². The molecule has 0 aromatic rings. The van der Waals surface area contributed by atoms with Crippen molar-refractivity contribution >= 4 is 11.9 Å². The van der Waals surface area contributed by atoms with Gasteiger partial charge in [-0.1, -0.05) is 13.8 Å². The molecular weight excluding hydrogens is 188 g/mol. The Morgan fingerprint density at radius 2 is 1.93 bits per heavy atom. The molecule has 0 aliphatic carbocycles. The molecule has 0 aromatic carbocycles. The number of aliphatic carboxylic acids is 1. The Bertz CT molecular complexity index is 217. The van der Waals surface area contributed by atoms with Crippen molar-refractivity contribution in [3.8, 4) is 0 Å². The van der Waals surface area contributed by atoms with Crippen molar-refractivity contribution in [2.45, 2.75) is 25.9 Å². The largest absolute Gasteiger partial charge is 0.480 e. The van der Waals surface area contributed by atoms with Crippen molar-refractivity contribution < 1.29 is 19.8 Å². The molecule has 0 aromatic heterocycles. The minimum absolute atomic E-state index is 0.0804. The number of carbonyl (C=O) groups excluding carboxylic acids is 1. The predicted molar refractivity (Wildman–Crippen MR) is 49.5 cm³/mol. The summed E-state index contributed by atoms with van der Waals surface area (Å²) in [5, 5.41) is 19.3. The number of carboxylic acid groups (broad SMARTS) is 1. The van der Waals surface area contributed by atoms with Crippen molar-refractivity contribution in [3.63, 3.8) is 0 Å². The standard InChI is InChI=1S/C8H16N2O4/c1-4(2)6(9)7(12)10-5(3-11)8(13)14/h4-6,11H,3,9H2,1-2H3,(H,10,12)(H,13,14)/t5-,6?/m1/s1. The Kier molecular flexibility index (Phi) is 5.11. The van der Waals surface area contributed by atoms with Crippen molar-refractivity contribution in [2.24, 2.45) is 11.7 Å². The average molecular weight is 204 g/mol. The molecular formula is C8H16N2O4. The first-order chi connectivity index (χ1) is 6.40. The van der Waals surface area contributed by atoms with Gasteiger partial charge in [0.1, 0.15) is 6.04 Å². The van der Waals surface area contributed by atoms with Crippen LogP contribution in [0.15, 0.2) is 0 Å². The van der Waals surface area contributed by atoms with Crippen LogP contribution < -0.4 is 11.1 Å². The van der Waals surface area contributed by atoms with E-state index in [-0.39, 0.29) is 5.92 Å². The van der Waals surface area contributed by atoms with E-state index in [1.807, 2.05) is 0 Å². The maximum Gasteiger partial charge on any atom is 0.328 e. The number of hydrogen-bond donors (Lipinski definition) is 4. The van der Waals surface area contributed by atoms with E-state index in [0.717, 1.165) is 0 Å². The molecule has 6 heteroatoms. The highest BCUT2D eigenvalue weighted by atomic mass is 16.4. The van der Waals surface area contributed by atoms with Gasteiger partial charge in [-0.2, -0.15) is 0 Å². The lowest BCUT2D eigenvalue weighted by Crippen LogP contribution is -2.51. The highest BCUT2D eigenvalue weighted by Crippen LogP contribution is 1.98. The zero-order chi connectivity index (χ0) is 11.3. The van der Waals surface area contributed by atoms with Gasteiger partial charge in [0.25, 0.3) is 0 Å². The SMILES string of the molecule is CC(C)C(N)C(=O)N[C@H](CO)C(=O)O. The minimum atomic E-state index is -1.28. The summed E-state index contributed by atoms with van der Waals surface area (Å²) < 4.78 is 0. The summed E-state index contributed by atoms with van der Waals surface area (Å²) in [4.78, 5) is 21.7. The summed E-state index contributed by atoms with van der Waals surface area (Å²) >= 11 is 0. The number of aliphatic hydroxyl groups excluding tert-OH is 1. The van der Waals surface area contributed by atoms with Crippen LogP contribution in [0.2, 0.25) is 0 Å². The highest BCUT2D eigenvalue weighted by molar-refractivity contribution is 5.86. The highest BCUT2D eigenvalue weighted by Gasteiger charge is 2.23. The van der Waals surface area contributed by atoms with Crippen LogP contribution >= 0.6 is 0 Å². The van der Waals surface area contributed by atoms with E-state index in [1.165, 1.54) is 0 Å². The number of aliphatic hydroxyl groups is 1. The van der Waals surface area contributed by atoms with Crippen LogP contribution in [-0.2, 0) is 9.59 Å². The lowest BCUT2D eigenvalue weighted by molar-refractivity contribution is -0.143. The van der Waals surface area contributed by atoms with E-state index in [1.54, 1.807) is 13.8 Å². The Labute approximate surface area is 82.1 Å². The zero-order valence-electron chi connectivity index (χ0n) is 8.23. The molecule has 0 radical (unpaired) electrons. The van der Waals surface area contributed by atoms with Crippen molar-refractivity contribution in [1.29, 1.82) is 0 Å². The predicted octanol–water partition coefficient (Wildman–Crippen LogP) is -1.47. The first-order valence-electron chi connectivity index (χ1n) is 4.29. The molecule has 1 unspecified atom stereocenters. The molecule has 0 aliphatic heterocycles. The molecule has 2 atom stereocenters. The minimum Gasteiger partial charge on any atom is -0.480 e. The maximum absolute atomic E-state index is 11.2. The Balaban J connectivity index is 4.22. The summed E-state index contributed by atoms with van der Waals surface area (Å²) in [5.74, 6) is -1.93. The number of carbonyl (C=O) groups is 2. The third-order valence-corrected chi connectivity index (χ3v) is 1.82. The smallest absolute Gasteiger partial charge is 0.328 e. The van der Waals surface area contributed by atoms with Crippen molar-refractivity contribution in [3.05, 3.63) is 0 Å².